The van der Waals surface area contributed by atoms with Gasteiger partial charge in [-0.25, -0.2) is 8.42 Å². The van der Waals surface area contributed by atoms with Crippen molar-refractivity contribution in [3.63, 3.8) is 0 Å². The molecule has 0 saturated carbocycles. The molecule has 0 atom stereocenters. The van der Waals surface area contributed by atoms with Crippen molar-refractivity contribution >= 4 is 38.9 Å². The molecule has 0 radical (unpaired) electrons. The Hall–Kier alpha value is -2.28. The number of carbonyl (C=O) groups excluding carboxylic acids is 1. The summed E-state index contributed by atoms with van der Waals surface area (Å²) in [5.41, 5.74) is 1.10. The van der Waals surface area contributed by atoms with E-state index < -0.39 is 21.5 Å². The van der Waals surface area contributed by atoms with Crippen molar-refractivity contribution in [1.82, 2.24) is 5.32 Å². The van der Waals surface area contributed by atoms with E-state index in [1.807, 2.05) is 30.3 Å². The van der Waals surface area contributed by atoms with Gasteiger partial charge < -0.3 is 9.73 Å². The summed E-state index contributed by atoms with van der Waals surface area (Å²) in [5, 5.41) is 2.83. The quantitative estimate of drug-likeness (QED) is 0.588. The van der Waals surface area contributed by atoms with Crippen molar-refractivity contribution in [2.75, 3.05) is 6.54 Å². The lowest BCUT2D eigenvalue weighted by Crippen LogP contribution is -2.25. The van der Waals surface area contributed by atoms with Gasteiger partial charge in [0.1, 0.15) is 16.4 Å². The zero-order valence-corrected chi connectivity index (χ0v) is 17.0. The van der Waals surface area contributed by atoms with Crippen molar-refractivity contribution in [3.05, 3.63) is 87.8 Å². The molecule has 8 heteroatoms. The highest BCUT2D eigenvalue weighted by Gasteiger charge is 2.24. The van der Waals surface area contributed by atoms with Gasteiger partial charge in [0.05, 0.1) is 10.0 Å². The maximum Gasteiger partial charge on any atom is 0.287 e. The molecule has 0 fully saturated rings. The molecule has 1 aromatic heterocycles. The summed E-state index contributed by atoms with van der Waals surface area (Å²) in [6.07, 6.45) is 0.680. The van der Waals surface area contributed by atoms with Gasteiger partial charge in [-0.3, -0.25) is 4.79 Å². The lowest BCUT2D eigenvalue weighted by molar-refractivity contribution is 0.0925. The van der Waals surface area contributed by atoms with Crippen LogP contribution in [-0.2, 0) is 22.0 Å². The fourth-order valence-corrected chi connectivity index (χ4v) is 5.18. The van der Waals surface area contributed by atoms with Crippen LogP contribution in [0.25, 0.3) is 0 Å². The molecule has 5 nitrogen and oxygen atoms in total. The molecule has 0 saturated heterocycles. The first kappa shape index (κ1) is 20.5. The minimum absolute atomic E-state index is 0.0398. The largest absolute Gasteiger partial charge is 0.455 e. The van der Waals surface area contributed by atoms with Crippen LogP contribution in [0.5, 0.6) is 0 Å². The number of rotatable bonds is 7. The van der Waals surface area contributed by atoms with Gasteiger partial charge >= 0.3 is 0 Å². The zero-order chi connectivity index (χ0) is 20.1. The molecule has 1 N–H and O–H groups in total. The Morgan fingerprint density at radius 1 is 0.929 bits per heavy atom. The fourth-order valence-electron chi connectivity index (χ4n) is 2.67. The first-order chi connectivity index (χ1) is 13.4. The molecule has 0 aliphatic rings. The maximum atomic E-state index is 12.6. The number of nitrogens with one attached hydrogen (secondary N) is 1. The lowest BCUT2D eigenvalue weighted by atomic mass is 10.1. The minimum atomic E-state index is -3.83. The predicted octanol–water partition coefficient (Wildman–Crippen LogP) is 4.53. The van der Waals surface area contributed by atoms with E-state index >= 15 is 0 Å². The number of halogens is 2. The third kappa shape index (κ3) is 4.95. The van der Waals surface area contributed by atoms with Crippen LogP contribution in [0.4, 0.5) is 0 Å². The molecule has 3 rings (SSSR count). The third-order valence-corrected chi connectivity index (χ3v) is 6.57. The van der Waals surface area contributed by atoms with Crippen LogP contribution in [0, 0.1) is 0 Å². The number of amides is 1. The average Bonchev–Trinajstić information content (AvgIpc) is 3.10. The predicted molar refractivity (Wildman–Crippen MR) is 109 cm³/mol. The Bertz CT molecular complexity index is 1060. The Kier molecular flexibility index (Phi) is 6.44. The molecule has 0 bridgehead atoms. The summed E-state index contributed by atoms with van der Waals surface area (Å²) in [7, 11) is -3.83. The van der Waals surface area contributed by atoms with Gasteiger partial charge in [0.15, 0.2) is 15.6 Å². The standard InChI is InChI=1S/C20H17Cl2NO4S/c21-16-7-4-8-17(22)19(16)28(25,26)13-15-9-10-18(27-15)20(24)23-12-11-14-5-2-1-3-6-14/h1-10H,11-13H2,(H,23,24). The number of carbonyl (C=O) groups is 1. The first-order valence-corrected chi connectivity index (χ1v) is 10.9. The average molecular weight is 438 g/mol. The summed E-state index contributed by atoms with van der Waals surface area (Å²) < 4.78 is 30.7. The molecule has 0 spiro atoms. The highest BCUT2D eigenvalue weighted by Crippen LogP contribution is 2.31. The van der Waals surface area contributed by atoms with Crippen LogP contribution in [0.15, 0.2) is 70.0 Å². The van der Waals surface area contributed by atoms with E-state index in [9.17, 15) is 13.2 Å². The summed E-state index contributed by atoms with van der Waals surface area (Å²) in [5.74, 6) is -0.684. The molecule has 0 aliphatic heterocycles. The SMILES string of the molecule is O=C(NCCc1ccccc1)c1ccc(CS(=O)(=O)c2c(Cl)cccc2Cl)o1. The molecule has 0 unspecified atom stereocenters. The topological polar surface area (TPSA) is 76.4 Å². The van der Waals surface area contributed by atoms with Crippen LogP contribution in [0.2, 0.25) is 10.0 Å². The minimum Gasteiger partial charge on any atom is -0.455 e. The highest BCUT2D eigenvalue weighted by molar-refractivity contribution is 7.90. The zero-order valence-electron chi connectivity index (χ0n) is 14.7. The second-order valence-corrected chi connectivity index (χ2v) is 8.81. The van der Waals surface area contributed by atoms with E-state index in [0.29, 0.717) is 13.0 Å². The van der Waals surface area contributed by atoms with E-state index in [-0.39, 0.29) is 26.5 Å². The van der Waals surface area contributed by atoms with Crippen LogP contribution >= 0.6 is 23.2 Å². The van der Waals surface area contributed by atoms with E-state index in [4.69, 9.17) is 27.6 Å². The second-order valence-electron chi connectivity index (χ2n) is 6.07. The molecule has 146 valence electrons. The molecular formula is C20H17Cl2NO4S. The van der Waals surface area contributed by atoms with Crippen molar-refractivity contribution in [3.8, 4) is 0 Å². The van der Waals surface area contributed by atoms with Gasteiger partial charge in [0.25, 0.3) is 5.91 Å². The fraction of sp³-hybridized carbons (Fsp3) is 0.150. The molecule has 1 heterocycles. The van der Waals surface area contributed by atoms with Crippen LogP contribution in [-0.4, -0.2) is 20.9 Å². The van der Waals surface area contributed by atoms with Crippen molar-refractivity contribution in [2.24, 2.45) is 0 Å². The van der Waals surface area contributed by atoms with Crippen LogP contribution < -0.4 is 5.32 Å². The van der Waals surface area contributed by atoms with Gasteiger partial charge in [-0.1, -0.05) is 59.6 Å². The van der Waals surface area contributed by atoms with Crippen molar-refractivity contribution in [1.29, 1.82) is 0 Å². The third-order valence-electron chi connectivity index (χ3n) is 3.99. The number of hydrogen-bond acceptors (Lipinski definition) is 4. The smallest absolute Gasteiger partial charge is 0.287 e. The van der Waals surface area contributed by atoms with Gasteiger partial charge in [-0.15, -0.1) is 0 Å². The normalized spacial score (nSPS) is 11.4. The molecule has 28 heavy (non-hydrogen) atoms. The van der Waals surface area contributed by atoms with Crippen LogP contribution in [0.1, 0.15) is 21.9 Å². The molecule has 3 aromatic rings. The summed E-state index contributed by atoms with van der Waals surface area (Å²) >= 11 is 12.0. The molecule has 0 aliphatic carbocycles. The molecule has 1 amide bonds. The highest BCUT2D eigenvalue weighted by atomic mass is 35.5. The number of furan rings is 1. The van der Waals surface area contributed by atoms with E-state index in [0.717, 1.165) is 5.56 Å². The first-order valence-electron chi connectivity index (χ1n) is 8.44. The Labute approximate surface area is 173 Å². The number of hydrogen-bond donors (Lipinski definition) is 1. The van der Waals surface area contributed by atoms with Crippen molar-refractivity contribution < 1.29 is 17.6 Å². The Morgan fingerprint density at radius 3 is 2.29 bits per heavy atom. The molecule has 2 aromatic carbocycles. The van der Waals surface area contributed by atoms with E-state index in [1.54, 1.807) is 6.07 Å². The summed E-state index contributed by atoms with van der Waals surface area (Å²) in [4.78, 5) is 12.0. The van der Waals surface area contributed by atoms with Crippen molar-refractivity contribution in [2.45, 2.75) is 17.1 Å². The monoisotopic (exact) mass is 437 g/mol. The maximum absolute atomic E-state index is 12.6. The van der Waals surface area contributed by atoms with Gasteiger partial charge in [0.2, 0.25) is 0 Å². The van der Waals surface area contributed by atoms with Gasteiger partial charge in [-0.05, 0) is 36.2 Å². The number of benzene rings is 2. The van der Waals surface area contributed by atoms with Crippen LogP contribution in [0.3, 0.4) is 0 Å². The number of sulfone groups is 1. The Morgan fingerprint density at radius 2 is 1.61 bits per heavy atom. The van der Waals surface area contributed by atoms with Gasteiger partial charge in [-0.2, -0.15) is 0 Å². The van der Waals surface area contributed by atoms with E-state index in [2.05, 4.69) is 5.32 Å². The lowest BCUT2D eigenvalue weighted by Gasteiger charge is -2.07. The summed E-state index contributed by atoms with van der Waals surface area (Å²) in [6, 6.07) is 17.1. The Balaban J connectivity index is 1.64. The van der Waals surface area contributed by atoms with E-state index in [1.165, 1.54) is 24.3 Å². The second kappa shape index (κ2) is 8.82. The summed E-state index contributed by atoms with van der Waals surface area (Å²) in [6.45, 7) is 0.437. The van der Waals surface area contributed by atoms with Gasteiger partial charge in [0, 0.05) is 6.54 Å². The molecular weight excluding hydrogens is 421 g/mol.